The Balaban J connectivity index is 1.64. The van der Waals surface area contributed by atoms with Crippen molar-refractivity contribution in [2.45, 2.75) is 70.9 Å². The Kier molecular flexibility index (Phi) is 9.94. The molecule has 42 heavy (non-hydrogen) atoms. The summed E-state index contributed by atoms with van der Waals surface area (Å²) in [6.07, 6.45) is 1.11. The zero-order valence-electron chi connectivity index (χ0n) is 25.3. The summed E-state index contributed by atoms with van der Waals surface area (Å²) in [6, 6.07) is 17.6. The van der Waals surface area contributed by atoms with E-state index in [1.54, 1.807) is 6.20 Å². The second-order valence-electron chi connectivity index (χ2n) is 12.2. The van der Waals surface area contributed by atoms with Crippen molar-refractivity contribution < 1.29 is 19.5 Å². The lowest BCUT2D eigenvalue weighted by Crippen LogP contribution is -2.58. The summed E-state index contributed by atoms with van der Waals surface area (Å²) >= 11 is 1.52. The van der Waals surface area contributed by atoms with Crippen LogP contribution in [-0.4, -0.2) is 73.7 Å². The number of aliphatic imine (C=N–C) groups is 1. The van der Waals surface area contributed by atoms with E-state index in [0.29, 0.717) is 23.7 Å². The van der Waals surface area contributed by atoms with Gasteiger partial charge in [-0.3, -0.25) is 24.3 Å². The Morgan fingerprint density at radius 1 is 1.05 bits per heavy atom. The van der Waals surface area contributed by atoms with Gasteiger partial charge in [-0.05, 0) is 37.3 Å². The van der Waals surface area contributed by atoms with E-state index >= 15 is 0 Å². The molecule has 2 aromatic rings. The van der Waals surface area contributed by atoms with Crippen LogP contribution in [0.5, 0.6) is 0 Å². The van der Waals surface area contributed by atoms with E-state index in [4.69, 9.17) is 0 Å². The second kappa shape index (κ2) is 13.3. The van der Waals surface area contributed by atoms with Crippen LogP contribution in [0.3, 0.4) is 0 Å². The molecular formula is C33H42N4O4S. The smallest absolute Gasteiger partial charge is 0.250 e. The predicted octanol–water partition coefficient (Wildman–Crippen LogP) is 4.35. The average Bonchev–Trinajstić information content (AvgIpc) is 3.32. The average molecular weight is 591 g/mol. The Bertz CT molecular complexity index is 1340. The van der Waals surface area contributed by atoms with E-state index in [0.717, 1.165) is 11.1 Å². The molecule has 2 heterocycles. The lowest BCUT2D eigenvalue weighted by molar-refractivity contribution is -0.147. The first-order chi connectivity index (χ1) is 19.9. The van der Waals surface area contributed by atoms with Crippen molar-refractivity contribution in [2.24, 2.45) is 16.8 Å². The number of carbonyl (C=O) groups is 3. The summed E-state index contributed by atoms with van der Waals surface area (Å²) < 4.78 is -0.127. The SMILES string of the molecule is CC(C)C(=O)N1C=C(c2ccccc2)N(CC(=O)N[C@@H](Cc2ccccc2)C(O)C2=NCC(C)(C)S2)C(=O)C1C(C)C. The van der Waals surface area contributed by atoms with Gasteiger partial charge in [0.1, 0.15) is 18.7 Å². The molecule has 3 atom stereocenters. The summed E-state index contributed by atoms with van der Waals surface area (Å²) in [5, 5.41) is 15.0. The molecule has 2 aromatic carbocycles. The van der Waals surface area contributed by atoms with Crippen LogP contribution in [0.2, 0.25) is 0 Å². The van der Waals surface area contributed by atoms with Crippen LogP contribution >= 0.6 is 11.8 Å². The lowest BCUT2D eigenvalue weighted by atomic mass is 9.95. The van der Waals surface area contributed by atoms with Gasteiger partial charge in [-0.15, -0.1) is 11.8 Å². The highest BCUT2D eigenvalue weighted by atomic mass is 32.2. The van der Waals surface area contributed by atoms with E-state index in [-0.39, 0.29) is 34.9 Å². The standard InChI is InChI=1S/C33H42N4O4S/c1-21(2)28-32(41)36(26(24-15-11-8-12-16-24)18-37(28)31(40)22(3)4)19-27(38)35-25(17-23-13-9-7-10-14-23)29(39)30-34-20-33(5,6)42-30/h7-16,18,21-22,25,28-29,39H,17,19-20H2,1-6H3,(H,35,38)/t25-,28?,29?/m0/s1. The maximum absolute atomic E-state index is 14.1. The maximum Gasteiger partial charge on any atom is 0.250 e. The van der Waals surface area contributed by atoms with Gasteiger partial charge in [-0.25, -0.2) is 0 Å². The third kappa shape index (κ3) is 7.31. The van der Waals surface area contributed by atoms with E-state index in [1.807, 2.05) is 88.4 Å². The number of aliphatic hydroxyl groups excluding tert-OH is 1. The van der Waals surface area contributed by atoms with E-state index in [9.17, 15) is 19.5 Å². The van der Waals surface area contributed by atoms with E-state index in [1.165, 1.54) is 21.6 Å². The molecule has 8 nitrogen and oxygen atoms in total. The summed E-state index contributed by atoms with van der Waals surface area (Å²) in [6.45, 7) is 11.9. The molecule has 0 aliphatic carbocycles. The molecule has 0 spiro atoms. The van der Waals surface area contributed by atoms with Crippen molar-refractivity contribution in [3.8, 4) is 0 Å². The molecule has 0 saturated heterocycles. The maximum atomic E-state index is 14.1. The van der Waals surface area contributed by atoms with Crippen LogP contribution in [0.25, 0.3) is 5.70 Å². The van der Waals surface area contributed by atoms with Crippen molar-refractivity contribution in [1.82, 2.24) is 15.1 Å². The van der Waals surface area contributed by atoms with Gasteiger partial charge >= 0.3 is 0 Å². The predicted molar refractivity (Wildman–Crippen MR) is 168 cm³/mol. The molecule has 0 saturated carbocycles. The molecule has 0 fully saturated rings. The monoisotopic (exact) mass is 590 g/mol. The fraction of sp³-hybridized carbons (Fsp3) is 0.455. The van der Waals surface area contributed by atoms with Gasteiger partial charge in [0.05, 0.1) is 23.3 Å². The summed E-state index contributed by atoms with van der Waals surface area (Å²) in [5.41, 5.74) is 2.17. The first-order valence-corrected chi connectivity index (χ1v) is 15.3. The number of hydrogen-bond donors (Lipinski definition) is 2. The summed E-state index contributed by atoms with van der Waals surface area (Å²) in [4.78, 5) is 48.6. The van der Waals surface area contributed by atoms with Crippen molar-refractivity contribution in [2.75, 3.05) is 13.1 Å². The van der Waals surface area contributed by atoms with Gasteiger partial charge < -0.3 is 15.3 Å². The van der Waals surface area contributed by atoms with Crippen molar-refractivity contribution in [3.05, 3.63) is 78.0 Å². The minimum Gasteiger partial charge on any atom is -0.384 e. The molecule has 0 radical (unpaired) electrons. The molecule has 4 rings (SSSR count). The van der Waals surface area contributed by atoms with Gasteiger partial charge in [0.25, 0.3) is 5.91 Å². The highest BCUT2D eigenvalue weighted by Crippen LogP contribution is 2.34. The van der Waals surface area contributed by atoms with Crippen molar-refractivity contribution in [3.63, 3.8) is 0 Å². The zero-order valence-corrected chi connectivity index (χ0v) is 26.1. The number of aliphatic hydroxyl groups is 1. The minimum absolute atomic E-state index is 0.127. The minimum atomic E-state index is -0.996. The van der Waals surface area contributed by atoms with Gasteiger partial charge in [-0.1, -0.05) is 88.4 Å². The number of thioether (sulfide) groups is 1. The lowest BCUT2D eigenvalue weighted by Gasteiger charge is -2.41. The number of hydrogen-bond acceptors (Lipinski definition) is 6. The Morgan fingerprint density at radius 3 is 2.21 bits per heavy atom. The van der Waals surface area contributed by atoms with Gasteiger partial charge in [-0.2, -0.15) is 0 Å². The first-order valence-electron chi connectivity index (χ1n) is 14.5. The van der Waals surface area contributed by atoms with E-state index in [2.05, 4.69) is 24.2 Å². The fourth-order valence-electron chi connectivity index (χ4n) is 5.23. The fourth-order valence-corrected chi connectivity index (χ4v) is 6.34. The summed E-state index contributed by atoms with van der Waals surface area (Å²) in [7, 11) is 0. The number of benzene rings is 2. The number of nitrogens with one attached hydrogen (secondary N) is 1. The molecule has 9 heteroatoms. The molecule has 2 aliphatic rings. The Morgan fingerprint density at radius 2 is 1.67 bits per heavy atom. The Labute approximate surface area is 253 Å². The number of carbonyl (C=O) groups excluding carboxylic acids is 3. The molecule has 3 amide bonds. The normalized spacial score (nSPS) is 19.9. The van der Waals surface area contributed by atoms with Gasteiger partial charge in [0, 0.05) is 16.9 Å². The summed E-state index contributed by atoms with van der Waals surface area (Å²) in [5.74, 6) is -1.34. The quantitative estimate of drug-likeness (QED) is 0.429. The molecule has 2 unspecified atom stereocenters. The number of nitrogens with zero attached hydrogens (tertiary/aromatic N) is 3. The number of rotatable bonds is 10. The van der Waals surface area contributed by atoms with Gasteiger partial charge in [0.15, 0.2) is 0 Å². The third-order valence-corrected chi connectivity index (χ3v) is 8.66. The molecule has 224 valence electrons. The molecular weight excluding hydrogens is 548 g/mol. The van der Waals surface area contributed by atoms with Crippen molar-refractivity contribution >= 4 is 40.2 Å². The van der Waals surface area contributed by atoms with Gasteiger partial charge in [0.2, 0.25) is 11.8 Å². The van der Waals surface area contributed by atoms with Crippen LogP contribution in [0, 0.1) is 11.8 Å². The number of amides is 3. The van der Waals surface area contributed by atoms with Crippen LogP contribution < -0.4 is 5.32 Å². The first kappa shape index (κ1) is 31.5. The van der Waals surface area contributed by atoms with Crippen LogP contribution in [0.4, 0.5) is 0 Å². The highest BCUT2D eigenvalue weighted by molar-refractivity contribution is 8.15. The topological polar surface area (TPSA) is 102 Å². The van der Waals surface area contributed by atoms with Crippen LogP contribution in [-0.2, 0) is 20.8 Å². The molecule has 2 N–H and O–H groups in total. The highest BCUT2D eigenvalue weighted by Gasteiger charge is 2.42. The largest absolute Gasteiger partial charge is 0.384 e. The van der Waals surface area contributed by atoms with Crippen LogP contribution in [0.15, 0.2) is 71.9 Å². The van der Waals surface area contributed by atoms with E-state index < -0.39 is 24.1 Å². The zero-order chi connectivity index (χ0) is 30.6. The molecule has 2 aliphatic heterocycles. The Hall–Kier alpha value is -3.43. The molecule has 0 aromatic heterocycles. The molecule has 0 bridgehead atoms. The second-order valence-corrected chi connectivity index (χ2v) is 13.9. The van der Waals surface area contributed by atoms with Crippen molar-refractivity contribution in [1.29, 1.82) is 0 Å². The third-order valence-electron chi connectivity index (χ3n) is 7.40. The van der Waals surface area contributed by atoms with Crippen LogP contribution in [0.1, 0.15) is 52.7 Å².